The van der Waals surface area contributed by atoms with E-state index in [-0.39, 0.29) is 23.2 Å². The molecule has 3 heteroatoms. The summed E-state index contributed by atoms with van der Waals surface area (Å²) in [5.41, 5.74) is 1.28. The lowest BCUT2D eigenvalue weighted by atomic mass is 9.78. The molecule has 0 aromatic heterocycles. The van der Waals surface area contributed by atoms with E-state index in [2.05, 4.69) is 69.1 Å². The van der Waals surface area contributed by atoms with E-state index in [1.807, 2.05) is 13.0 Å². The van der Waals surface area contributed by atoms with Crippen molar-refractivity contribution >= 4 is 5.69 Å². The molecule has 0 aliphatic carbocycles. The minimum Gasteiger partial charge on any atom is -0.387 e. The number of nitrogens with one attached hydrogen (secondary N) is 1. The predicted molar refractivity (Wildman–Crippen MR) is 113 cm³/mol. The molecule has 1 saturated heterocycles. The molecule has 1 aromatic rings. The Morgan fingerprint density at radius 2 is 2.07 bits per heavy atom. The van der Waals surface area contributed by atoms with Crippen LogP contribution >= 0.6 is 0 Å². The van der Waals surface area contributed by atoms with Crippen molar-refractivity contribution < 1.29 is 9.84 Å². The fraction of sp³-hybridized carbons (Fsp3) is 0.583. The van der Waals surface area contributed by atoms with E-state index in [1.54, 1.807) is 0 Å². The molecule has 4 atom stereocenters. The maximum absolute atomic E-state index is 10.9. The molecule has 148 valence electrons. The summed E-state index contributed by atoms with van der Waals surface area (Å²) >= 11 is 0. The molecule has 2 aliphatic rings. The van der Waals surface area contributed by atoms with Crippen molar-refractivity contribution in [1.82, 2.24) is 0 Å². The van der Waals surface area contributed by atoms with Gasteiger partial charge in [-0.05, 0) is 69.1 Å². The third-order valence-corrected chi connectivity index (χ3v) is 6.22. The Morgan fingerprint density at radius 1 is 1.30 bits per heavy atom. The van der Waals surface area contributed by atoms with E-state index in [1.165, 1.54) is 5.56 Å². The Bertz CT molecular complexity index is 706. The van der Waals surface area contributed by atoms with Gasteiger partial charge in [0.2, 0.25) is 0 Å². The summed E-state index contributed by atoms with van der Waals surface area (Å²) in [7, 11) is 0. The highest BCUT2D eigenvalue weighted by molar-refractivity contribution is 5.47. The van der Waals surface area contributed by atoms with Crippen LogP contribution in [0.3, 0.4) is 0 Å². The first-order valence-corrected chi connectivity index (χ1v) is 10.2. The van der Waals surface area contributed by atoms with Crippen molar-refractivity contribution in [3.8, 4) is 0 Å². The predicted octanol–water partition coefficient (Wildman–Crippen LogP) is 5.26. The number of ether oxygens (including phenoxy) is 1. The largest absolute Gasteiger partial charge is 0.387 e. The second-order valence-electron chi connectivity index (χ2n) is 9.50. The third-order valence-electron chi connectivity index (χ3n) is 6.22. The quantitative estimate of drug-likeness (QED) is 0.711. The molecule has 2 heterocycles. The SMILES string of the molecule is C=CCc1cccc(N[C@@H]2CC(C)(C)/C=C/C[C@@](C)(O)C3CC[C@@]2(C)O3)c1. The van der Waals surface area contributed by atoms with Crippen LogP contribution in [0.1, 0.15) is 58.9 Å². The number of aliphatic hydroxyl groups is 1. The van der Waals surface area contributed by atoms with Crippen molar-refractivity contribution in [3.05, 3.63) is 54.6 Å². The van der Waals surface area contributed by atoms with Gasteiger partial charge in [0, 0.05) is 5.69 Å². The first-order valence-electron chi connectivity index (χ1n) is 10.2. The summed E-state index contributed by atoms with van der Waals surface area (Å²) in [6.45, 7) is 12.5. The van der Waals surface area contributed by atoms with E-state index < -0.39 is 5.60 Å². The van der Waals surface area contributed by atoms with Gasteiger partial charge in [-0.15, -0.1) is 6.58 Å². The number of allylic oxidation sites excluding steroid dienone is 2. The molecule has 0 saturated carbocycles. The van der Waals surface area contributed by atoms with Gasteiger partial charge in [-0.1, -0.05) is 44.2 Å². The van der Waals surface area contributed by atoms with E-state index in [9.17, 15) is 5.11 Å². The number of benzene rings is 1. The van der Waals surface area contributed by atoms with E-state index in [0.717, 1.165) is 31.4 Å². The second-order valence-corrected chi connectivity index (χ2v) is 9.50. The average molecular weight is 370 g/mol. The fourth-order valence-electron chi connectivity index (χ4n) is 4.47. The molecule has 0 amide bonds. The highest BCUT2D eigenvalue weighted by Gasteiger charge is 2.49. The highest BCUT2D eigenvalue weighted by Crippen LogP contribution is 2.44. The Balaban J connectivity index is 1.91. The van der Waals surface area contributed by atoms with Crippen LogP contribution in [0.15, 0.2) is 49.1 Å². The van der Waals surface area contributed by atoms with Crippen LogP contribution in [0.25, 0.3) is 0 Å². The number of rotatable bonds is 4. The number of anilines is 1. The minimum atomic E-state index is -0.823. The van der Waals surface area contributed by atoms with Crippen LogP contribution < -0.4 is 5.32 Å². The molecule has 1 fully saturated rings. The Labute approximate surface area is 164 Å². The van der Waals surface area contributed by atoms with Gasteiger partial charge in [-0.3, -0.25) is 0 Å². The fourth-order valence-corrected chi connectivity index (χ4v) is 4.47. The number of hydrogen-bond acceptors (Lipinski definition) is 3. The van der Waals surface area contributed by atoms with Crippen LogP contribution in [0.2, 0.25) is 0 Å². The average Bonchev–Trinajstić information content (AvgIpc) is 2.98. The molecule has 2 bridgehead atoms. The lowest BCUT2D eigenvalue weighted by Crippen LogP contribution is -2.49. The first kappa shape index (κ1) is 20.2. The first-order chi connectivity index (χ1) is 12.6. The normalized spacial score (nSPS) is 36.8. The zero-order valence-electron chi connectivity index (χ0n) is 17.3. The maximum atomic E-state index is 10.9. The van der Waals surface area contributed by atoms with Gasteiger partial charge < -0.3 is 15.2 Å². The van der Waals surface area contributed by atoms with Crippen molar-refractivity contribution in [3.63, 3.8) is 0 Å². The minimum absolute atomic E-state index is 0.0221. The number of fused-ring (bicyclic) bond motifs is 2. The van der Waals surface area contributed by atoms with Crippen LogP contribution in [0.5, 0.6) is 0 Å². The molecule has 3 rings (SSSR count). The van der Waals surface area contributed by atoms with Crippen molar-refractivity contribution in [2.24, 2.45) is 5.41 Å². The van der Waals surface area contributed by atoms with E-state index >= 15 is 0 Å². The Kier molecular flexibility index (Phi) is 5.56. The lowest BCUT2D eigenvalue weighted by molar-refractivity contribution is -0.130. The van der Waals surface area contributed by atoms with Gasteiger partial charge in [-0.25, -0.2) is 0 Å². The molecule has 27 heavy (non-hydrogen) atoms. The Hall–Kier alpha value is -1.58. The summed E-state index contributed by atoms with van der Waals surface area (Å²) in [4.78, 5) is 0. The van der Waals surface area contributed by atoms with Crippen LogP contribution in [-0.2, 0) is 11.2 Å². The smallest absolute Gasteiger partial charge is 0.0914 e. The lowest BCUT2D eigenvalue weighted by Gasteiger charge is -2.41. The van der Waals surface area contributed by atoms with Crippen LogP contribution in [0.4, 0.5) is 5.69 Å². The zero-order valence-corrected chi connectivity index (χ0v) is 17.3. The molecular formula is C24H35NO2. The molecule has 0 radical (unpaired) electrons. The summed E-state index contributed by atoms with van der Waals surface area (Å²) in [6.07, 6.45) is 10.5. The molecule has 1 unspecified atom stereocenters. The summed E-state index contributed by atoms with van der Waals surface area (Å²) < 4.78 is 6.53. The molecular weight excluding hydrogens is 334 g/mol. The summed E-state index contributed by atoms with van der Waals surface area (Å²) in [5, 5.41) is 14.7. The van der Waals surface area contributed by atoms with Gasteiger partial charge in [0.1, 0.15) is 0 Å². The van der Waals surface area contributed by atoms with Gasteiger partial charge in [0.15, 0.2) is 0 Å². The summed E-state index contributed by atoms with van der Waals surface area (Å²) in [5.74, 6) is 0. The standard InChI is InChI=1S/C24H35NO2/c1-6-9-18-10-7-11-19(16-18)25-20-17-22(2,3)13-8-14-23(4,26)21-12-15-24(20,5)27-21/h6-8,10-11,13,16,20-21,25-26H,1,9,12,14-15,17H2,2-5H3/b13-8+/t20-,21?,23-,24-/m1/s1. The van der Waals surface area contributed by atoms with Crippen molar-refractivity contribution in [2.45, 2.75) is 83.1 Å². The van der Waals surface area contributed by atoms with Gasteiger partial charge >= 0.3 is 0 Å². The van der Waals surface area contributed by atoms with Crippen molar-refractivity contribution in [2.75, 3.05) is 5.32 Å². The molecule has 2 N–H and O–H groups in total. The van der Waals surface area contributed by atoms with Gasteiger partial charge in [-0.2, -0.15) is 0 Å². The third kappa shape index (κ3) is 4.64. The summed E-state index contributed by atoms with van der Waals surface area (Å²) in [6, 6.07) is 8.72. The van der Waals surface area contributed by atoms with Gasteiger partial charge in [0.25, 0.3) is 0 Å². The van der Waals surface area contributed by atoms with Crippen molar-refractivity contribution in [1.29, 1.82) is 0 Å². The van der Waals surface area contributed by atoms with Crippen LogP contribution in [0, 0.1) is 5.41 Å². The molecule has 3 nitrogen and oxygen atoms in total. The number of hydrogen-bond donors (Lipinski definition) is 2. The van der Waals surface area contributed by atoms with E-state index in [4.69, 9.17) is 4.74 Å². The monoisotopic (exact) mass is 369 g/mol. The zero-order chi connectivity index (χ0) is 19.7. The van der Waals surface area contributed by atoms with Gasteiger partial charge in [0.05, 0.1) is 23.3 Å². The molecule has 1 aromatic carbocycles. The molecule has 0 spiro atoms. The highest BCUT2D eigenvalue weighted by atomic mass is 16.5. The molecule has 2 aliphatic heterocycles. The van der Waals surface area contributed by atoms with E-state index in [0.29, 0.717) is 6.42 Å². The Morgan fingerprint density at radius 3 is 2.81 bits per heavy atom. The topological polar surface area (TPSA) is 41.5 Å². The van der Waals surface area contributed by atoms with Crippen LogP contribution in [-0.4, -0.2) is 28.5 Å². The maximum Gasteiger partial charge on any atom is 0.0914 e. The second kappa shape index (κ2) is 7.44.